The molecular formula is C17H22F3N3O. The zero-order chi connectivity index (χ0) is 17.6. The van der Waals surface area contributed by atoms with Gasteiger partial charge in [-0.1, -0.05) is 0 Å². The number of aromatic nitrogens is 2. The number of halogens is 3. The summed E-state index contributed by atoms with van der Waals surface area (Å²) in [4.78, 5) is 22.5. The molecule has 0 bridgehead atoms. The van der Waals surface area contributed by atoms with Crippen molar-refractivity contribution in [3.63, 3.8) is 0 Å². The number of rotatable bonds is 1. The molecule has 1 amide bonds. The Balaban J connectivity index is 1.90. The maximum absolute atomic E-state index is 13.3. The molecule has 3 unspecified atom stereocenters. The van der Waals surface area contributed by atoms with Crippen LogP contribution in [0.1, 0.15) is 55.9 Å². The predicted molar refractivity (Wildman–Crippen MR) is 82.3 cm³/mol. The van der Waals surface area contributed by atoms with E-state index >= 15 is 0 Å². The van der Waals surface area contributed by atoms with Crippen molar-refractivity contribution < 1.29 is 18.0 Å². The van der Waals surface area contributed by atoms with Crippen molar-refractivity contribution in [1.29, 1.82) is 0 Å². The Morgan fingerprint density at radius 1 is 1.12 bits per heavy atom. The summed E-state index contributed by atoms with van der Waals surface area (Å²) in [5.41, 5.74) is -0.316. The summed E-state index contributed by atoms with van der Waals surface area (Å²) in [5.74, 6) is -0.299. The lowest BCUT2D eigenvalue weighted by Crippen LogP contribution is -2.44. The van der Waals surface area contributed by atoms with Crippen molar-refractivity contribution in [2.24, 2.45) is 5.92 Å². The zero-order valence-electron chi connectivity index (χ0n) is 14.2. The van der Waals surface area contributed by atoms with Crippen LogP contribution in [0.3, 0.4) is 0 Å². The minimum absolute atomic E-state index is 0.0214. The topological polar surface area (TPSA) is 46.1 Å². The van der Waals surface area contributed by atoms with Gasteiger partial charge in [-0.25, -0.2) is 9.97 Å². The monoisotopic (exact) mass is 341 g/mol. The van der Waals surface area contributed by atoms with Crippen LogP contribution in [0.2, 0.25) is 0 Å². The highest BCUT2D eigenvalue weighted by molar-refractivity contribution is 5.80. The van der Waals surface area contributed by atoms with E-state index in [1.165, 1.54) is 6.92 Å². The van der Waals surface area contributed by atoms with Crippen molar-refractivity contribution in [3.05, 3.63) is 22.8 Å². The lowest BCUT2D eigenvalue weighted by Gasteiger charge is -2.33. The lowest BCUT2D eigenvalue weighted by molar-refractivity contribution is -0.144. The third-order valence-electron chi connectivity index (χ3n) is 5.21. The molecule has 2 heterocycles. The number of hydrogen-bond donors (Lipinski definition) is 0. The summed E-state index contributed by atoms with van der Waals surface area (Å²) >= 11 is 0. The van der Waals surface area contributed by atoms with E-state index in [1.54, 1.807) is 0 Å². The number of likely N-dealkylation sites (tertiary alicyclic amines) is 1. The first-order chi connectivity index (χ1) is 11.2. The smallest absolute Gasteiger partial charge is 0.337 e. The molecule has 0 N–H and O–H groups in total. The van der Waals surface area contributed by atoms with Crippen LogP contribution in [0.4, 0.5) is 13.2 Å². The molecule has 132 valence electrons. The summed E-state index contributed by atoms with van der Waals surface area (Å²) in [7, 11) is 0. The van der Waals surface area contributed by atoms with Crippen molar-refractivity contribution in [2.75, 3.05) is 0 Å². The molecule has 3 rings (SSSR count). The second-order valence-electron chi connectivity index (χ2n) is 7.00. The van der Waals surface area contributed by atoms with Gasteiger partial charge in [0.05, 0.1) is 0 Å². The van der Waals surface area contributed by atoms with Crippen LogP contribution in [0.5, 0.6) is 0 Å². The molecule has 0 saturated carbocycles. The summed E-state index contributed by atoms with van der Waals surface area (Å²) in [6.07, 6.45) is -1.58. The first-order valence-electron chi connectivity index (χ1n) is 8.44. The minimum atomic E-state index is -4.52. The predicted octanol–water partition coefficient (Wildman–Crippen LogP) is 3.31. The molecule has 7 heteroatoms. The van der Waals surface area contributed by atoms with Gasteiger partial charge in [0.15, 0.2) is 5.69 Å². The molecule has 1 fully saturated rings. The van der Waals surface area contributed by atoms with Crippen LogP contribution in [-0.2, 0) is 23.8 Å². The average Bonchev–Trinajstić information content (AvgIpc) is 2.83. The molecule has 1 aliphatic carbocycles. The maximum Gasteiger partial charge on any atom is 0.433 e. The van der Waals surface area contributed by atoms with E-state index in [-0.39, 0.29) is 35.8 Å². The zero-order valence-corrected chi connectivity index (χ0v) is 14.2. The molecule has 0 radical (unpaired) electrons. The molecule has 3 atom stereocenters. The average molecular weight is 341 g/mol. The van der Waals surface area contributed by atoms with Gasteiger partial charge in [0.25, 0.3) is 0 Å². The fraction of sp³-hybridized carbons (Fsp3) is 0.706. The number of aryl methyl sites for hydroxylation is 2. The summed E-state index contributed by atoms with van der Waals surface area (Å²) in [5, 5.41) is 0. The molecule has 1 aromatic heterocycles. The number of hydrogen-bond acceptors (Lipinski definition) is 3. The van der Waals surface area contributed by atoms with Crippen molar-refractivity contribution >= 4 is 5.91 Å². The lowest BCUT2D eigenvalue weighted by atomic mass is 9.84. The Kier molecular flexibility index (Phi) is 4.30. The number of nitrogens with zero attached hydrogens (tertiary/aromatic N) is 3. The van der Waals surface area contributed by atoms with Gasteiger partial charge < -0.3 is 4.90 Å². The highest BCUT2D eigenvalue weighted by atomic mass is 19.4. The van der Waals surface area contributed by atoms with Gasteiger partial charge in [0, 0.05) is 29.3 Å². The molecular weight excluding hydrogens is 319 g/mol. The fourth-order valence-electron chi connectivity index (χ4n) is 4.02. The molecule has 4 nitrogen and oxygen atoms in total. The Hall–Kier alpha value is -1.66. The standard InChI is InChI=1S/C17H22F3N3O/c1-9-4-5-10(2)23(9)16(24)12-6-7-14-13(8-12)15(17(18,19)20)22-11(3)21-14/h9-10,12H,4-8H2,1-3H3. The van der Waals surface area contributed by atoms with Crippen LogP contribution in [0.15, 0.2) is 0 Å². The number of alkyl halides is 3. The Bertz CT molecular complexity index is 649. The van der Waals surface area contributed by atoms with Crippen molar-refractivity contribution in [1.82, 2.24) is 14.9 Å². The van der Waals surface area contributed by atoms with Gasteiger partial charge in [0.1, 0.15) is 5.82 Å². The Morgan fingerprint density at radius 3 is 2.33 bits per heavy atom. The Labute approximate surface area is 139 Å². The van der Waals surface area contributed by atoms with E-state index in [4.69, 9.17) is 0 Å². The number of carbonyl (C=O) groups is 1. The van der Waals surface area contributed by atoms with E-state index in [1.807, 2.05) is 18.7 Å². The third-order valence-corrected chi connectivity index (χ3v) is 5.21. The van der Waals surface area contributed by atoms with Crippen LogP contribution in [0, 0.1) is 12.8 Å². The molecule has 24 heavy (non-hydrogen) atoms. The van der Waals surface area contributed by atoms with Crippen LogP contribution in [-0.4, -0.2) is 32.9 Å². The number of fused-ring (bicyclic) bond motifs is 1. The van der Waals surface area contributed by atoms with Crippen LogP contribution >= 0.6 is 0 Å². The van der Waals surface area contributed by atoms with Gasteiger partial charge >= 0.3 is 6.18 Å². The van der Waals surface area contributed by atoms with E-state index in [0.717, 1.165) is 12.8 Å². The van der Waals surface area contributed by atoms with Gasteiger partial charge in [-0.15, -0.1) is 0 Å². The van der Waals surface area contributed by atoms with Gasteiger partial charge in [0.2, 0.25) is 5.91 Å². The number of amides is 1. The first kappa shape index (κ1) is 17.2. The Morgan fingerprint density at radius 2 is 1.75 bits per heavy atom. The van der Waals surface area contributed by atoms with E-state index in [2.05, 4.69) is 9.97 Å². The van der Waals surface area contributed by atoms with Gasteiger partial charge in [-0.05, 0) is 52.9 Å². The van der Waals surface area contributed by atoms with Gasteiger partial charge in [-0.2, -0.15) is 13.2 Å². The van der Waals surface area contributed by atoms with E-state index in [9.17, 15) is 18.0 Å². The molecule has 1 aliphatic heterocycles. The van der Waals surface area contributed by atoms with Crippen molar-refractivity contribution in [3.8, 4) is 0 Å². The second-order valence-corrected chi connectivity index (χ2v) is 7.00. The minimum Gasteiger partial charge on any atom is -0.337 e. The SMILES string of the molecule is Cc1nc2c(c(C(F)(F)F)n1)CC(C(=O)N1C(C)CCC1C)CC2. The third kappa shape index (κ3) is 3.00. The molecule has 1 aromatic rings. The molecule has 0 spiro atoms. The number of carbonyl (C=O) groups excluding carboxylic acids is 1. The van der Waals surface area contributed by atoms with Crippen LogP contribution in [0.25, 0.3) is 0 Å². The molecule has 1 saturated heterocycles. The fourth-order valence-corrected chi connectivity index (χ4v) is 4.02. The molecule has 2 aliphatic rings. The largest absolute Gasteiger partial charge is 0.433 e. The summed E-state index contributed by atoms with van der Waals surface area (Å²) < 4.78 is 40.0. The highest BCUT2D eigenvalue weighted by Crippen LogP contribution is 2.37. The van der Waals surface area contributed by atoms with E-state index in [0.29, 0.717) is 18.5 Å². The quantitative estimate of drug-likeness (QED) is 0.787. The van der Waals surface area contributed by atoms with Crippen molar-refractivity contribution in [2.45, 2.75) is 71.1 Å². The second kappa shape index (κ2) is 6.01. The highest BCUT2D eigenvalue weighted by Gasteiger charge is 2.42. The maximum atomic E-state index is 13.3. The van der Waals surface area contributed by atoms with E-state index < -0.39 is 17.8 Å². The van der Waals surface area contributed by atoms with Crippen LogP contribution < -0.4 is 0 Å². The summed E-state index contributed by atoms with van der Waals surface area (Å²) in [6.45, 7) is 5.48. The molecule has 0 aromatic carbocycles. The summed E-state index contributed by atoms with van der Waals surface area (Å²) in [6, 6.07) is 0.315. The normalized spacial score (nSPS) is 27.2. The first-order valence-corrected chi connectivity index (χ1v) is 8.44. The van der Waals surface area contributed by atoms with Gasteiger partial charge in [-0.3, -0.25) is 4.79 Å².